The first-order valence-electron chi connectivity index (χ1n) is 6.22. The van der Waals surface area contributed by atoms with Crippen molar-refractivity contribution in [1.82, 2.24) is 0 Å². The van der Waals surface area contributed by atoms with Gasteiger partial charge in [0, 0.05) is 12.8 Å². The standard InChI is InChI=1S/C14H18O3S/c1-11-2-4-12(5-3-11)8-14(15)9-13-6-7-18(16,17)10-13/h2-5,13H,6-10H2,1H3. The maximum Gasteiger partial charge on any atom is 0.150 e. The van der Waals surface area contributed by atoms with Crippen molar-refractivity contribution in [2.45, 2.75) is 26.2 Å². The average Bonchev–Trinajstić information content (AvgIpc) is 2.61. The lowest BCUT2D eigenvalue weighted by atomic mass is 9.98. The molecule has 0 saturated carbocycles. The zero-order valence-electron chi connectivity index (χ0n) is 10.6. The molecule has 1 aromatic carbocycles. The first-order valence-corrected chi connectivity index (χ1v) is 8.04. The van der Waals surface area contributed by atoms with Crippen LogP contribution in [0.3, 0.4) is 0 Å². The van der Waals surface area contributed by atoms with E-state index in [9.17, 15) is 13.2 Å². The molecule has 1 aliphatic rings. The summed E-state index contributed by atoms with van der Waals surface area (Å²) >= 11 is 0. The minimum absolute atomic E-state index is 0.0351. The van der Waals surface area contributed by atoms with Crippen LogP contribution in [0, 0.1) is 12.8 Å². The Balaban J connectivity index is 1.88. The Morgan fingerprint density at radius 3 is 2.50 bits per heavy atom. The molecule has 4 heteroatoms. The third-order valence-electron chi connectivity index (χ3n) is 3.36. The van der Waals surface area contributed by atoms with E-state index in [2.05, 4.69) is 0 Å². The Morgan fingerprint density at radius 1 is 1.28 bits per heavy atom. The molecule has 1 aliphatic heterocycles. The number of hydrogen-bond acceptors (Lipinski definition) is 3. The van der Waals surface area contributed by atoms with Crippen LogP contribution in [0.2, 0.25) is 0 Å². The van der Waals surface area contributed by atoms with Gasteiger partial charge in [-0.3, -0.25) is 4.79 Å². The highest BCUT2D eigenvalue weighted by atomic mass is 32.2. The van der Waals surface area contributed by atoms with Gasteiger partial charge in [0.15, 0.2) is 9.84 Å². The molecule has 98 valence electrons. The number of benzene rings is 1. The summed E-state index contributed by atoms with van der Waals surface area (Å²) < 4.78 is 22.6. The predicted octanol–water partition coefficient (Wildman–Crippen LogP) is 1.93. The van der Waals surface area contributed by atoms with E-state index in [4.69, 9.17) is 0 Å². The molecule has 0 bridgehead atoms. The van der Waals surface area contributed by atoms with Gasteiger partial charge in [-0.2, -0.15) is 0 Å². The molecule has 0 N–H and O–H groups in total. The minimum Gasteiger partial charge on any atom is -0.299 e. The second-order valence-electron chi connectivity index (χ2n) is 5.17. The molecule has 1 atom stereocenters. The highest BCUT2D eigenvalue weighted by Crippen LogP contribution is 2.22. The molecule has 0 amide bonds. The minimum atomic E-state index is -2.87. The summed E-state index contributed by atoms with van der Waals surface area (Å²) in [6, 6.07) is 7.89. The normalized spacial score (nSPS) is 21.9. The van der Waals surface area contributed by atoms with Crippen LogP contribution in [0.15, 0.2) is 24.3 Å². The first-order chi connectivity index (χ1) is 8.44. The summed E-state index contributed by atoms with van der Waals surface area (Å²) in [6.07, 6.45) is 1.45. The monoisotopic (exact) mass is 266 g/mol. The summed E-state index contributed by atoms with van der Waals surface area (Å²) in [5.74, 6) is 0.608. The molecule has 1 fully saturated rings. The van der Waals surface area contributed by atoms with Crippen LogP contribution in [-0.2, 0) is 21.1 Å². The molecule has 2 rings (SSSR count). The molecule has 1 heterocycles. The van der Waals surface area contributed by atoms with E-state index in [1.54, 1.807) is 0 Å². The van der Waals surface area contributed by atoms with Gasteiger partial charge in [-0.1, -0.05) is 29.8 Å². The van der Waals surface area contributed by atoms with Crippen molar-refractivity contribution in [3.05, 3.63) is 35.4 Å². The molecule has 1 saturated heterocycles. The quantitative estimate of drug-likeness (QED) is 0.836. The lowest BCUT2D eigenvalue weighted by Gasteiger charge is -2.06. The second kappa shape index (κ2) is 5.22. The number of sulfone groups is 1. The van der Waals surface area contributed by atoms with Gasteiger partial charge in [0.25, 0.3) is 0 Å². The zero-order valence-corrected chi connectivity index (χ0v) is 11.4. The summed E-state index contributed by atoms with van der Waals surface area (Å²) in [4.78, 5) is 11.9. The molecule has 0 aromatic heterocycles. The van der Waals surface area contributed by atoms with Crippen molar-refractivity contribution in [1.29, 1.82) is 0 Å². The lowest BCUT2D eigenvalue weighted by Crippen LogP contribution is -2.12. The Bertz CT molecular complexity index is 529. The van der Waals surface area contributed by atoms with E-state index in [1.165, 1.54) is 5.56 Å². The SMILES string of the molecule is Cc1ccc(CC(=O)CC2CCS(=O)(=O)C2)cc1. The fourth-order valence-corrected chi connectivity index (χ4v) is 4.22. The van der Waals surface area contributed by atoms with Gasteiger partial charge in [0.05, 0.1) is 11.5 Å². The van der Waals surface area contributed by atoms with Crippen molar-refractivity contribution in [2.75, 3.05) is 11.5 Å². The molecular weight excluding hydrogens is 248 g/mol. The summed E-state index contributed by atoms with van der Waals surface area (Å²) in [6.45, 7) is 2.01. The van der Waals surface area contributed by atoms with Gasteiger partial charge in [0.2, 0.25) is 0 Å². The fourth-order valence-electron chi connectivity index (χ4n) is 2.36. The van der Waals surface area contributed by atoms with Crippen LogP contribution in [0.1, 0.15) is 24.0 Å². The second-order valence-corrected chi connectivity index (χ2v) is 7.40. The van der Waals surface area contributed by atoms with E-state index in [0.717, 1.165) is 5.56 Å². The third kappa shape index (κ3) is 3.67. The van der Waals surface area contributed by atoms with Gasteiger partial charge in [-0.15, -0.1) is 0 Å². The van der Waals surface area contributed by atoms with E-state index in [-0.39, 0.29) is 23.2 Å². The third-order valence-corrected chi connectivity index (χ3v) is 5.20. The molecule has 0 radical (unpaired) electrons. The number of aryl methyl sites for hydroxylation is 1. The molecule has 1 unspecified atom stereocenters. The van der Waals surface area contributed by atoms with E-state index >= 15 is 0 Å². The molecule has 1 aromatic rings. The number of carbonyl (C=O) groups excluding carboxylic acids is 1. The first kappa shape index (κ1) is 13.3. The Labute approximate surface area is 108 Å². The van der Waals surface area contributed by atoms with Crippen LogP contribution in [0.4, 0.5) is 0 Å². The summed E-state index contributed by atoms with van der Waals surface area (Å²) in [7, 11) is -2.87. The van der Waals surface area contributed by atoms with Crippen molar-refractivity contribution in [2.24, 2.45) is 5.92 Å². The van der Waals surface area contributed by atoms with E-state index in [0.29, 0.717) is 19.3 Å². The average molecular weight is 266 g/mol. The van der Waals surface area contributed by atoms with E-state index in [1.807, 2.05) is 31.2 Å². The van der Waals surface area contributed by atoms with Crippen molar-refractivity contribution >= 4 is 15.6 Å². The summed E-state index contributed by atoms with van der Waals surface area (Å²) in [5.41, 5.74) is 2.18. The summed E-state index contributed by atoms with van der Waals surface area (Å²) in [5, 5.41) is 0. The van der Waals surface area contributed by atoms with Crippen LogP contribution in [-0.4, -0.2) is 25.7 Å². The Kier molecular flexibility index (Phi) is 3.85. The van der Waals surface area contributed by atoms with Crippen LogP contribution < -0.4 is 0 Å². The molecule has 3 nitrogen and oxygen atoms in total. The van der Waals surface area contributed by atoms with Crippen molar-refractivity contribution < 1.29 is 13.2 Å². The van der Waals surface area contributed by atoms with Crippen LogP contribution >= 0.6 is 0 Å². The zero-order chi connectivity index (χ0) is 13.2. The maximum absolute atomic E-state index is 11.9. The van der Waals surface area contributed by atoms with E-state index < -0.39 is 9.84 Å². The van der Waals surface area contributed by atoms with Gasteiger partial charge >= 0.3 is 0 Å². The molecular formula is C14H18O3S. The number of hydrogen-bond donors (Lipinski definition) is 0. The van der Waals surface area contributed by atoms with Crippen molar-refractivity contribution in [3.8, 4) is 0 Å². The molecule has 0 spiro atoms. The van der Waals surface area contributed by atoms with Crippen LogP contribution in [0.5, 0.6) is 0 Å². The van der Waals surface area contributed by atoms with Gasteiger partial charge in [-0.05, 0) is 24.8 Å². The molecule has 18 heavy (non-hydrogen) atoms. The number of Topliss-reactive ketones (excluding diaryl/α,β-unsaturated/α-hetero) is 1. The maximum atomic E-state index is 11.9. The topological polar surface area (TPSA) is 51.2 Å². The number of carbonyl (C=O) groups is 1. The Hall–Kier alpha value is -1.16. The highest BCUT2D eigenvalue weighted by Gasteiger charge is 2.29. The molecule has 0 aliphatic carbocycles. The smallest absolute Gasteiger partial charge is 0.150 e. The van der Waals surface area contributed by atoms with Crippen molar-refractivity contribution in [3.63, 3.8) is 0 Å². The highest BCUT2D eigenvalue weighted by molar-refractivity contribution is 7.91. The largest absolute Gasteiger partial charge is 0.299 e. The fraction of sp³-hybridized carbons (Fsp3) is 0.500. The Morgan fingerprint density at radius 2 is 1.94 bits per heavy atom. The predicted molar refractivity (Wildman–Crippen MR) is 71.3 cm³/mol. The van der Waals surface area contributed by atoms with Gasteiger partial charge in [0.1, 0.15) is 5.78 Å². The lowest BCUT2D eigenvalue weighted by molar-refractivity contribution is -0.119. The number of ketones is 1. The van der Waals surface area contributed by atoms with Gasteiger partial charge in [-0.25, -0.2) is 8.42 Å². The number of rotatable bonds is 4. The van der Waals surface area contributed by atoms with Gasteiger partial charge < -0.3 is 0 Å². The van der Waals surface area contributed by atoms with Crippen LogP contribution in [0.25, 0.3) is 0 Å².